The summed E-state index contributed by atoms with van der Waals surface area (Å²) >= 11 is 0. The van der Waals surface area contributed by atoms with Crippen LogP contribution in [0.1, 0.15) is 21.6 Å². The summed E-state index contributed by atoms with van der Waals surface area (Å²) < 4.78 is 7.31. The largest absolute Gasteiger partial charge is 0.478 e. The van der Waals surface area contributed by atoms with Crippen LogP contribution < -0.4 is 5.32 Å². The van der Waals surface area contributed by atoms with E-state index in [0.717, 1.165) is 11.3 Å². The number of anilines is 1. The van der Waals surface area contributed by atoms with E-state index >= 15 is 0 Å². The predicted octanol–water partition coefficient (Wildman–Crippen LogP) is 2.18. The van der Waals surface area contributed by atoms with Crippen LogP contribution in [-0.4, -0.2) is 25.8 Å². The fraction of sp³-hybridized carbons (Fsp3) is 0.214. The van der Waals surface area contributed by atoms with E-state index in [2.05, 4.69) is 15.4 Å². The van der Waals surface area contributed by atoms with E-state index in [1.165, 1.54) is 12.1 Å². The van der Waals surface area contributed by atoms with Crippen molar-refractivity contribution < 1.29 is 14.3 Å². The second-order valence-corrected chi connectivity index (χ2v) is 4.74. The molecule has 0 unspecified atom stereocenters. The Kier molecular flexibility index (Phi) is 3.09. The number of hydrogen-bond donors (Lipinski definition) is 2. The van der Waals surface area contributed by atoms with Crippen molar-refractivity contribution in [3.05, 3.63) is 41.2 Å². The normalized spacial score (nSPS) is 11.0. The zero-order chi connectivity index (χ0) is 15.0. The number of nitrogens with one attached hydrogen (secondary N) is 1. The van der Waals surface area contributed by atoms with Gasteiger partial charge in [-0.1, -0.05) is 0 Å². The van der Waals surface area contributed by atoms with Crippen LogP contribution in [0, 0.1) is 6.92 Å². The first-order chi connectivity index (χ1) is 10.0. The Morgan fingerprint density at radius 1 is 1.48 bits per heavy atom. The molecular weight excluding hydrogens is 272 g/mol. The average Bonchev–Trinajstić information content (AvgIpc) is 3.00. The third-order valence-electron chi connectivity index (χ3n) is 3.40. The topological polar surface area (TPSA) is 93.2 Å². The van der Waals surface area contributed by atoms with Crippen molar-refractivity contribution in [2.24, 2.45) is 7.05 Å². The SMILES string of the molecule is Cc1c(CNc2nc3ccc(C(=O)O)cc3o2)cnn1C. The Morgan fingerprint density at radius 2 is 2.29 bits per heavy atom. The van der Waals surface area contributed by atoms with Crippen molar-refractivity contribution in [1.29, 1.82) is 0 Å². The number of carboxylic acid groups (broad SMARTS) is 1. The molecule has 2 aromatic heterocycles. The van der Waals surface area contributed by atoms with E-state index in [1.54, 1.807) is 16.9 Å². The monoisotopic (exact) mass is 286 g/mol. The number of aryl methyl sites for hydroxylation is 1. The van der Waals surface area contributed by atoms with Crippen molar-refractivity contribution in [2.75, 3.05) is 5.32 Å². The molecule has 0 aliphatic carbocycles. The fourth-order valence-corrected chi connectivity index (χ4v) is 2.02. The second kappa shape index (κ2) is 4.93. The zero-order valence-electron chi connectivity index (χ0n) is 11.6. The predicted molar refractivity (Wildman–Crippen MR) is 76.2 cm³/mol. The van der Waals surface area contributed by atoms with Gasteiger partial charge in [0.15, 0.2) is 5.58 Å². The highest BCUT2D eigenvalue weighted by Gasteiger charge is 2.10. The Labute approximate surface area is 120 Å². The lowest BCUT2D eigenvalue weighted by atomic mass is 10.2. The van der Waals surface area contributed by atoms with Crippen LogP contribution in [-0.2, 0) is 13.6 Å². The minimum Gasteiger partial charge on any atom is -0.478 e. The maximum atomic E-state index is 10.9. The quantitative estimate of drug-likeness (QED) is 0.763. The summed E-state index contributed by atoms with van der Waals surface area (Å²) in [6.45, 7) is 2.52. The maximum absolute atomic E-state index is 10.9. The standard InChI is InChI=1S/C14H14N4O3/c1-8-10(7-16-18(8)2)6-15-14-17-11-4-3-9(13(19)20)5-12(11)21-14/h3-5,7H,6H2,1-2H3,(H,15,17)(H,19,20). The molecule has 0 aliphatic heterocycles. The first kappa shape index (κ1) is 13.2. The summed E-state index contributed by atoms with van der Waals surface area (Å²) in [5.74, 6) is -0.992. The number of rotatable bonds is 4. The smallest absolute Gasteiger partial charge is 0.335 e. The molecule has 7 heteroatoms. The minimum atomic E-state index is -0.992. The van der Waals surface area contributed by atoms with Crippen LogP contribution in [0.5, 0.6) is 0 Å². The van der Waals surface area contributed by atoms with Crippen molar-refractivity contribution in [3.8, 4) is 0 Å². The Hall–Kier alpha value is -2.83. The lowest BCUT2D eigenvalue weighted by molar-refractivity contribution is 0.0697. The number of fused-ring (bicyclic) bond motifs is 1. The minimum absolute atomic E-state index is 0.174. The third-order valence-corrected chi connectivity index (χ3v) is 3.40. The van der Waals surface area contributed by atoms with E-state index in [1.807, 2.05) is 14.0 Å². The van der Waals surface area contributed by atoms with Crippen LogP contribution in [0.25, 0.3) is 11.1 Å². The molecule has 0 atom stereocenters. The molecule has 0 aliphatic rings. The van der Waals surface area contributed by atoms with Crippen LogP contribution in [0.3, 0.4) is 0 Å². The van der Waals surface area contributed by atoms with Crippen LogP contribution in [0.15, 0.2) is 28.8 Å². The first-order valence-electron chi connectivity index (χ1n) is 6.40. The number of carbonyl (C=O) groups is 1. The van der Waals surface area contributed by atoms with Crippen LogP contribution in [0.2, 0.25) is 0 Å². The summed E-state index contributed by atoms with van der Waals surface area (Å²) in [4.78, 5) is 15.2. The van der Waals surface area contributed by atoms with Crippen molar-refractivity contribution in [3.63, 3.8) is 0 Å². The third kappa shape index (κ3) is 2.45. The lowest BCUT2D eigenvalue weighted by Crippen LogP contribution is -2.01. The average molecular weight is 286 g/mol. The van der Waals surface area contributed by atoms with E-state index in [0.29, 0.717) is 23.7 Å². The molecule has 2 heterocycles. The molecule has 0 bridgehead atoms. The van der Waals surface area contributed by atoms with Gasteiger partial charge in [-0.25, -0.2) is 4.79 Å². The van der Waals surface area contributed by atoms with Crippen LogP contribution in [0.4, 0.5) is 6.01 Å². The summed E-state index contributed by atoms with van der Waals surface area (Å²) in [6.07, 6.45) is 1.79. The number of benzene rings is 1. The molecule has 108 valence electrons. The number of carboxylic acids is 1. The fourth-order valence-electron chi connectivity index (χ4n) is 2.02. The molecule has 2 N–H and O–H groups in total. The highest BCUT2D eigenvalue weighted by molar-refractivity contribution is 5.92. The van der Waals surface area contributed by atoms with Gasteiger partial charge < -0.3 is 14.8 Å². The van der Waals surface area contributed by atoms with E-state index in [-0.39, 0.29) is 5.56 Å². The van der Waals surface area contributed by atoms with Gasteiger partial charge in [-0.3, -0.25) is 4.68 Å². The van der Waals surface area contributed by atoms with Gasteiger partial charge in [0.2, 0.25) is 0 Å². The molecule has 0 spiro atoms. The number of oxazole rings is 1. The molecule has 0 saturated carbocycles. The molecule has 0 saturated heterocycles. The molecule has 0 amide bonds. The van der Waals surface area contributed by atoms with Crippen LogP contribution >= 0.6 is 0 Å². The summed E-state index contributed by atoms with van der Waals surface area (Å²) in [6, 6.07) is 4.95. The van der Waals surface area contributed by atoms with Crippen molar-refractivity contribution >= 4 is 23.1 Å². The molecule has 0 fully saturated rings. The molecule has 1 aromatic carbocycles. The molecule has 3 aromatic rings. The molecule has 0 radical (unpaired) electrons. The van der Waals surface area contributed by atoms with Gasteiger partial charge in [0, 0.05) is 24.8 Å². The summed E-state index contributed by atoms with van der Waals surface area (Å²) in [7, 11) is 1.88. The number of aromatic carboxylic acids is 1. The van der Waals surface area contributed by atoms with Crippen molar-refractivity contribution in [1.82, 2.24) is 14.8 Å². The number of nitrogens with zero attached hydrogens (tertiary/aromatic N) is 3. The van der Waals surface area contributed by atoms with Gasteiger partial charge in [0.1, 0.15) is 5.52 Å². The second-order valence-electron chi connectivity index (χ2n) is 4.74. The van der Waals surface area contributed by atoms with Gasteiger partial charge >= 0.3 is 5.97 Å². The highest BCUT2D eigenvalue weighted by Crippen LogP contribution is 2.21. The lowest BCUT2D eigenvalue weighted by Gasteiger charge is -2.01. The molecule has 3 rings (SSSR count). The summed E-state index contributed by atoms with van der Waals surface area (Å²) in [5.41, 5.74) is 3.34. The van der Waals surface area contributed by atoms with Gasteiger partial charge in [0.05, 0.1) is 11.8 Å². The Balaban J connectivity index is 1.81. The Bertz CT molecular complexity index is 819. The zero-order valence-corrected chi connectivity index (χ0v) is 11.6. The van der Waals surface area contributed by atoms with Gasteiger partial charge in [-0.05, 0) is 25.1 Å². The summed E-state index contributed by atoms with van der Waals surface area (Å²) in [5, 5.41) is 16.2. The van der Waals surface area contributed by atoms with E-state index < -0.39 is 5.97 Å². The van der Waals surface area contributed by atoms with E-state index in [4.69, 9.17) is 9.52 Å². The van der Waals surface area contributed by atoms with Gasteiger partial charge in [-0.15, -0.1) is 0 Å². The highest BCUT2D eigenvalue weighted by atomic mass is 16.4. The first-order valence-corrected chi connectivity index (χ1v) is 6.40. The Morgan fingerprint density at radius 3 is 2.95 bits per heavy atom. The molecular formula is C14H14N4O3. The molecule has 7 nitrogen and oxygen atoms in total. The van der Waals surface area contributed by atoms with Gasteiger partial charge in [0.25, 0.3) is 6.01 Å². The number of aromatic nitrogens is 3. The number of hydrogen-bond acceptors (Lipinski definition) is 5. The van der Waals surface area contributed by atoms with Gasteiger partial charge in [-0.2, -0.15) is 10.1 Å². The van der Waals surface area contributed by atoms with Crippen molar-refractivity contribution in [2.45, 2.75) is 13.5 Å². The maximum Gasteiger partial charge on any atom is 0.335 e. The molecule has 21 heavy (non-hydrogen) atoms. The van der Waals surface area contributed by atoms with E-state index in [9.17, 15) is 4.79 Å².